The number of hydrogen-bond donors (Lipinski definition) is 2. The largest absolute Gasteiger partial charge is 0.315 e. The lowest BCUT2D eigenvalue weighted by Gasteiger charge is -2.08. The second kappa shape index (κ2) is 6.21. The summed E-state index contributed by atoms with van der Waals surface area (Å²) in [5.74, 6) is 0. The van der Waals surface area contributed by atoms with Crippen molar-refractivity contribution in [2.75, 3.05) is 11.8 Å². The predicted molar refractivity (Wildman–Crippen MR) is 87.1 cm³/mol. The Hall–Kier alpha value is -0.640. The lowest BCUT2D eigenvalue weighted by atomic mass is 10.3. The number of nitrogens with one attached hydrogen (secondary N) is 2. The van der Waals surface area contributed by atoms with Crippen LogP contribution in [0.25, 0.3) is 0 Å². The molecule has 2 aromatic rings. The van der Waals surface area contributed by atoms with Crippen molar-refractivity contribution in [2.45, 2.75) is 11.4 Å². The summed E-state index contributed by atoms with van der Waals surface area (Å²) in [4.78, 5) is 1.14. The summed E-state index contributed by atoms with van der Waals surface area (Å²) in [5.41, 5.74) is 0.571. The molecule has 0 amide bonds. The molecule has 0 aliphatic carbocycles. The third kappa shape index (κ3) is 3.68. The highest BCUT2D eigenvalue weighted by molar-refractivity contribution is 14.1. The molecule has 0 spiro atoms. The van der Waals surface area contributed by atoms with E-state index in [1.807, 2.05) is 12.1 Å². The number of rotatable bonds is 5. The third-order valence-electron chi connectivity index (χ3n) is 2.43. The van der Waals surface area contributed by atoms with Gasteiger partial charge in [0, 0.05) is 20.7 Å². The minimum atomic E-state index is -3.52. The first-order valence-electron chi connectivity index (χ1n) is 5.52. The summed E-state index contributed by atoms with van der Waals surface area (Å²) in [6.07, 6.45) is 0. The molecule has 102 valence electrons. The lowest BCUT2D eigenvalue weighted by molar-refractivity contribution is 0.600. The van der Waals surface area contributed by atoms with Crippen LogP contribution in [0.4, 0.5) is 5.69 Å². The molecule has 0 atom stereocenters. The quantitative estimate of drug-likeness (QED) is 0.749. The monoisotopic (exact) mass is 408 g/mol. The summed E-state index contributed by atoms with van der Waals surface area (Å²) < 4.78 is 28.3. The molecule has 0 saturated heterocycles. The summed E-state index contributed by atoms with van der Waals surface area (Å²) in [6.45, 7) is 0.542. The number of thiophene rings is 1. The van der Waals surface area contributed by atoms with Crippen LogP contribution in [0.2, 0.25) is 0 Å². The number of hydrogen-bond acceptors (Lipinski definition) is 4. The fraction of sp³-hybridized carbons (Fsp3) is 0.167. The van der Waals surface area contributed by atoms with Crippen molar-refractivity contribution in [3.63, 3.8) is 0 Å². The Morgan fingerprint density at radius 1 is 1.21 bits per heavy atom. The van der Waals surface area contributed by atoms with Crippen LogP contribution in [-0.2, 0) is 16.6 Å². The molecule has 1 aromatic carbocycles. The van der Waals surface area contributed by atoms with Gasteiger partial charge in [0.2, 0.25) is 0 Å². The Bertz CT molecular complexity index is 651. The van der Waals surface area contributed by atoms with Crippen LogP contribution in [0.5, 0.6) is 0 Å². The first kappa shape index (κ1) is 14.8. The first-order chi connectivity index (χ1) is 9.03. The Morgan fingerprint density at radius 2 is 1.89 bits per heavy atom. The molecule has 0 fully saturated rings. The molecular weight excluding hydrogens is 395 g/mol. The van der Waals surface area contributed by atoms with Crippen molar-refractivity contribution >= 4 is 49.6 Å². The van der Waals surface area contributed by atoms with Gasteiger partial charge >= 0.3 is 0 Å². The molecule has 1 heterocycles. The number of sulfonamides is 1. The van der Waals surface area contributed by atoms with E-state index in [1.165, 1.54) is 11.3 Å². The van der Waals surface area contributed by atoms with E-state index in [1.54, 1.807) is 30.6 Å². The maximum Gasteiger partial charge on any atom is 0.263 e. The Kier molecular flexibility index (Phi) is 4.82. The first-order valence-corrected chi connectivity index (χ1v) is 8.96. The molecule has 0 bridgehead atoms. The molecular formula is C12H13IN2O2S2. The van der Waals surface area contributed by atoms with Crippen molar-refractivity contribution in [2.24, 2.45) is 0 Å². The Morgan fingerprint density at radius 3 is 2.53 bits per heavy atom. The van der Waals surface area contributed by atoms with Crippen LogP contribution in [0.3, 0.4) is 0 Å². The zero-order valence-electron chi connectivity index (χ0n) is 10.2. The SMILES string of the molecule is CNCc1sccc1S(=O)(=O)Nc1ccc(I)cc1. The van der Waals surface area contributed by atoms with E-state index in [-0.39, 0.29) is 0 Å². The average Bonchev–Trinajstić information content (AvgIpc) is 2.81. The summed E-state index contributed by atoms with van der Waals surface area (Å²) in [7, 11) is -1.72. The second-order valence-corrected chi connectivity index (χ2v) is 7.75. The highest BCUT2D eigenvalue weighted by Crippen LogP contribution is 2.24. The average molecular weight is 408 g/mol. The predicted octanol–water partition coefficient (Wildman–Crippen LogP) is 2.87. The number of halogens is 1. The molecule has 0 unspecified atom stereocenters. The topological polar surface area (TPSA) is 58.2 Å². The normalized spacial score (nSPS) is 11.5. The molecule has 1 aromatic heterocycles. The van der Waals surface area contributed by atoms with Crippen molar-refractivity contribution in [1.82, 2.24) is 5.32 Å². The highest BCUT2D eigenvalue weighted by atomic mass is 127. The van der Waals surface area contributed by atoms with E-state index in [9.17, 15) is 8.42 Å². The van der Waals surface area contributed by atoms with E-state index in [0.29, 0.717) is 17.1 Å². The lowest BCUT2D eigenvalue weighted by Crippen LogP contribution is -2.15. The zero-order chi connectivity index (χ0) is 13.9. The number of benzene rings is 1. The van der Waals surface area contributed by atoms with Gasteiger partial charge in [-0.05, 0) is 65.4 Å². The van der Waals surface area contributed by atoms with Gasteiger partial charge in [-0.2, -0.15) is 0 Å². The maximum atomic E-state index is 12.3. The van der Waals surface area contributed by atoms with Crippen LogP contribution in [0.1, 0.15) is 4.88 Å². The molecule has 2 N–H and O–H groups in total. The van der Waals surface area contributed by atoms with E-state index in [4.69, 9.17) is 0 Å². The fourth-order valence-electron chi connectivity index (χ4n) is 1.59. The van der Waals surface area contributed by atoms with Crippen molar-refractivity contribution in [1.29, 1.82) is 0 Å². The Balaban J connectivity index is 2.27. The smallest absolute Gasteiger partial charge is 0.263 e. The van der Waals surface area contributed by atoms with Gasteiger partial charge in [-0.1, -0.05) is 0 Å². The minimum absolute atomic E-state index is 0.338. The van der Waals surface area contributed by atoms with Crippen LogP contribution in [0.15, 0.2) is 40.6 Å². The van der Waals surface area contributed by atoms with Gasteiger partial charge in [0.1, 0.15) is 4.90 Å². The van der Waals surface area contributed by atoms with E-state index in [0.717, 1.165) is 8.45 Å². The van der Waals surface area contributed by atoms with Gasteiger partial charge in [0.25, 0.3) is 10.0 Å². The van der Waals surface area contributed by atoms with Gasteiger partial charge in [-0.3, -0.25) is 4.72 Å². The Labute approximate surface area is 130 Å². The van der Waals surface area contributed by atoms with Gasteiger partial charge in [0.05, 0.1) is 0 Å². The molecule has 0 saturated carbocycles. The standard InChI is InChI=1S/C12H13IN2O2S2/c1-14-8-11-12(6-7-18-11)19(16,17)15-10-4-2-9(13)3-5-10/h2-7,14-15H,8H2,1H3. The molecule has 7 heteroatoms. The van der Waals surface area contributed by atoms with Crippen LogP contribution < -0.4 is 10.0 Å². The van der Waals surface area contributed by atoms with Gasteiger partial charge in [-0.25, -0.2) is 8.42 Å². The van der Waals surface area contributed by atoms with E-state index < -0.39 is 10.0 Å². The van der Waals surface area contributed by atoms with Crippen LogP contribution in [-0.4, -0.2) is 15.5 Å². The van der Waals surface area contributed by atoms with Gasteiger partial charge in [0.15, 0.2) is 0 Å². The molecule has 19 heavy (non-hydrogen) atoms. The number of anilines is 1. The van der Waals surface area contributed by atoms with E-state index >= 15 is 0 Å². The summed E-state index contributed by atoms with van der Waals surface area (Å²) >= 11 is 3.61. The van der Waals surface area contributed by atoms with Gasteiger partial charge in [-0.15, -0.1) is 11.3 Å². The molecule has 0 aliphatic heterocycles. The van der Waals surface area contributed by atoms with Crippen LogP contribution in [0, 0.1) is 3.57 Å². The van der Waals surface area contributed by atoms with Gasteiger partial charge < -0.3 is 5.32 Å². The molecule has 0 aliphatic rings. The van der Waals surface area contributed by atoms with E-state index in [2.05, 4.69) is 32.6 Å². The summed E-state index contributed by atoms with van der Waals surface area (Å²) in [6, 6.07) is 8.86. The van der Waals surface area contributed by atoms with Crippen LogP contribution >= 0.6 is 33.9 Å². The highest BCUT2D eigenvalue weighted by Gasteiger charge is 2.19. The molecule has 0 radical (unpaired) electrons. The second-order valence-electron chi connectivity index (χ2n) is 3.85. The van der Waals surface area contributed by atoms with Crippen molar-refractivity contribution in [3.8, 4) is 0 Å². The minimum Gasteiger partial charge on any atom is -0.315 e. The summed E-state index contributed by atoms with van der Waals surface area (Å²) in [5, 5.41) is 4.76. The van der Waals surface area contributed by atoms with Crippen molar-refractivity contribution < 1.29 is 8.42 Å². The fourth-order valence-corrected chi connectivity index (χ4v) is 4.46. The zero-order valence-corrected chi connectivity index (χ0v) is 14.0. The molecule has 4 nitrogen and oxygen atoms in total. The van der Waals surface area contributed by atoms with Crippen molar-refractivity contribution in [3.05, 3.63) is 44.2 Å². The third-order valence-corrected chi connectivity index (χ3v) is 5.66. The molecule has 2 rings (SSSR count). The maximum absolute atomic E-state index is 12.3.